The maximum atomic E-state index is 13.9. The molecule has 0 heterocycles. The third-order valence-electron chi connectivity index (χ3n) is 8.50. The van der Waals surface area contributed by atoms with Crippen molar-refractivity contribution in [1.29, 1.82) is 0 Å². The molecule has 0 bridgehead atoms. The zero-order chi connectivity index (χ0) is 33.7. The maximum Gasteiger partial charge on any atom is 0.249 e. The van der Waals surface area contributed by atoms with Crippen LogP contribution in [0.1, 0.15) is 64.5 Å². The first-order chi connectivity index (χ1) is 22.0. The van der Waals surface area contributed by atoms with Crippen molar-refractivity contribution in [3.63, 3.8) is 0 Å². The van der Waals surface area contributed by atoms with Crippen molar-refractivity contribution in [3.05, 3.63) is 89.0 Å². The van der Waals surface area contributed by atoms with Gasteiger partial charge in [0.25, 0.3) is 0 Å². The molecule has 0 radical (unpaired) electrons. The summed E-state index contributed by atoms with van der Waals surface area (Å²) in [5.41, 5.74) is 12.6. The summed E-state index contributed by atoms with van der Waals surface area (Å²) < 4.78 is 6.07. The van der Waals surface area contributed by atoms with Gasteiger partial charge in [-0.1, -0.05) is 76.2 Å². The second-order valence-corrected chi connectivity index (χ2v) is 12.7. The number of nitrogens with two attached hydrogens (primary N) is 2. The zero-order valence-electron chi connectivity index (χ0n) is 27.8. The molecule has 3 rings (SSSR count). The van der Waals surface area contributed by atoms with Gasteiger partial charge in [-0.05, 0) is 73.9 Å². The van der Waals surface area contributed by atoms with E-state index in [2.05, 4.69) is 19.2 Å². The maximum absolute atomic E-state index is 13.9. The van der Waals surface area contributed by atoms with Gasteiger partial charge in [-0.25, -0.2) is 0 Å². The van der Waals surface area contributed by atoms with Crippen LogP contribution in [-0.4, -0.2) is 60.0 Å². The standard InChI is InChI=1S/C37H52N4O5/c1-5-17-41(18-6-2)35(44)30-21-29(34(38)43)22-37(23-30,36(39)45)32(33(42)24-40-16-15-26(3)4)20-28-13-10-14-31(19-28)46-25-27-11-8-7-9-12-27/h7-14,19,21-22,26,32-33,40,42H,5-6,15-18,20,23-25H2,1-4H3,(H2,38,43)(H2,39,45)/t32-,33+,37?/m1/s1. The molecule has 0 saturated carbocycles. The number of benzene rings is 2. The van der Waals surface area contributed by atoms with Crippen molar-refractivity contribution < 1.29 is 24.2 Å². The molecule has 2 aromatic rings. The Bertz CT molecular complexity index is 1370. The van der Waals surface area contributed by atoms with Crippen LogP contribution in [0.3, 0.4) is 0 Å². The highest BCUT2D eigenvalue weighted by molar-refractivity contribution is 6.03. The van der Waals surface area contributed by atoms with Crippen molar-refractivity contribution >= 4 is 17.7 Å². The molecular weight excluding hydrogens is 580 g/mol. The summed E-state index contributed by atoms with van der Waals surface area (Å²) in [5.74, 6) is -1.44. The molecule has 6 N–H and O–H groups in total. The fraction of sp³-hybridized carbons (Fsp3) is 0.486. The molecule has 1 unspecified atom stereocenters. The third-order valence-corrected chi connectivity index (χ3v) is 8.50. The minimum Gasteiger partial charge on any atom is -0.489 e. The molecule has 0 spiro atoms. The lowest BCUT2D eigenvalue weighted by Crippen LogP contribution is -2.52. The number of carbonyl (C=O) groups excluding carboxylic acids is 3. The van der Waals surface area contributed by atoms with E-state index in [1.807, 2.05) is 68.4 Å². The number of nitrogens with zero attached hydrogens (tertiary/aromatic N) is 1. The summed E-state index contributed by atoms with van der Waals surface area (Å²) in [6.07, 6.45) is 4.51. The number of primary amides is 2. The van der Waals surface area contributed by atoms with Gasteiger partial charge < -0.3 is 31.5 Å². The Balaban J connectivity index is 2.03. The van der Waals surface area contributed by atoms with Crippen LogP contribution in [0.25, 0.3) is 0 Å². The van der Waals surface area contributed by atoms with E-state index < -0.39 is 29.3 Å². The minimum absolute atomic E-state index is 0.0336. The molecule has 9 nitrogen and oxygen atoms in total. The number of hydrogen-bond donors (Lipinski definition) is 4. The first-order valence-electron chi connectivity index (χ1n) is 16.5. The highest BCUT2D eigenvalue weighted by Crippen LogP contribution is 2.44. The molecule has 0 saturated heterocycles. The lowest BCUT2D eigenvalue weighted by atomic mass is 9.63. The molecule has 3 amide bonds. The van der Waals surface area contributed by atoms with Gasteiger partial charge in [-0.3, -0.25) is 14.4 Å². The second-order valence-electron chi connectivity index (χ2n) is 12.7. The largest absolute Gasteiger partial charge is 0.489 e. The molecule has 3 atom stereocenters. The molecule has 2 aromatic carbocycles. The van der Waals surface area contributed by atoms with Gasteiger partial charge in [-0.15, -0.1) is 0 Å². The SMILES string of the molecule is CCCN(CCC)C(=O)C1=CC(C(N)=O)=CC(C(N)=O)([C@H](Cc2cccc(OCc3ccccc3)c2)[C@@H](O)CNCCC(C)C)C1. The normalized spacial score (nSPS) is 17.5. The van der Waals surface area contributed by atoms with Gasteiger partial charge >= 0.3 is 0 Å². The smallest absolute Gasteiger partial charge is 0.249 e. The molecule has 0 aromatic heterocycles. The number of rotatable bonds is 19. The first-order valence-corrected chi connectivity index (χ1v) is 16.5. The average Bonchev–Trinajstić information content (AvgIpc) is 3.04. The first kappa shape index (κ1) is 36.5. The van der Waals surface area contributed by atoms with E-state index in [4.69, 9.17) is 16.2 Å². The Labute approximate surface area is 274 Å². The Morgan fingerprint density at radius 3 is 2.28 bits per heavy atom. The van der Waals surface area contributed by atoms with E-state index in [-0.39, 0.29) is 36.4 Å². The van der Waals surface area contributed by atoms with Gasteiger partial charge in [0.1, 0.15) is 12.4 Å². The lowest BCUT2D eigenvalue weighted by Gasteiger charge is -2.42. The monoisotopic (exact) mass is 632 g/mol. The Morgan fingerprint density at radius 2 is 1.67 bits per heavy atom. The van der Waals surface area contributed by atoms with Crippen molar-refractivity contribution in [2.75, 3.05) is 26.2 Å². The predicted octanol–water partition coefficient (Wildman–Crippen LogP) is 4.28. The number of amides is 3. The number of hydrogen-bond acceptors (Lipinski definition) is 6. The van der Waals surface area contributed by atoms with Gasteiger partial charge in [0.2, 0.25) is 17.7 Å². The molecule has 9 heteroatoms. The minimum atomic E-state index is -1.56. The average molecular weight is 633 g/mol. The van der Waals surface area contributed by atoms with E-state index >= 15 is 0 Å². The third kappa shape index (κ3) is 10.0. The van der Waals surface area contributed by atoms with Crippen LogP contribution in [0.5, 0.6) is 5.75 Å². The highest BCUT2D eigenvalue weighted by atomic mass is 16.5. The van der Waals surface area contributed by atoms with Crippen molar-refractivity contribution in [3.8, 4) is 5.75 Å². The summed E-state index contributed by atoms with van der Waals surface area (Å²) >= 11 is 0. The highest BCUT2D eigenvalue weighted by Gasteiger charge is 2.49. The van der Waals surface area contributed by atoms with Crippen LogP contribution in [-0.2, 0) is 27.4 Å². The Kier molecular flexibility index (Phi) is 14.0. The zero-order valence-corrected chi connectivity index (χ0v) is 27.8. The fourth-order valence-corrected chi connectivity index (χ4v) is 6.04. The van der Waals surface area contributed by atoms with E-state index in [1.165, 1.54) is 12.2 Å². The van der Waals surface area contributed by atoms with Gasteiger partial charge in [-0.2, -0.15) is 0 Å². The van der Waals surface area contributed by atoms with Crippen LogP contribution in [0.15, 0.2) is 77.9 Å². The predicted molar refractivity (Wildman–Crippen MR) is 182 cm³/mol. The topological polar surface area (TPSA) is 148 Å². The number of carbonyl (C=O) groups is 3. The van der Waals surface area contributed by atoms with Crippen molar-refractivity contribution in [2.45, 2.75) is 72.5 Å². The number of nitrogens with one attached hydrogen (secondary N) is 1. The summed E-state index contributed by atoms with van der Waals surface area (Å²) in [6.45, 7) is 10.6. The quantitative estimate of drug-likeness (QED) is 0.170. The molecule has 1 aliphatic rings. The summed E-state index contributed by atoms with van der Waals surface area (Å²) in [7, 11) is 0. The molecule has 0 fully saturated rings. The lowest BCUT2D eigenvalue weighted by molar-refractivity contribution is -0.132. The Morgan fingerprint density at radius 1 is 1.00 bits per heavy atom. The van der Waals surface area contributed by atoms with Gasteiger partial charge in [0, 0.05) is 36.7 Å². The number of aliphatic hydroxyl groups is 1. The molecule has 0 aliphatic heterocycles. The fourth-order valence-electron chi connectivity index (χ4n) is 6.04. The summed E-state index contributed by atoms with van der Waals surface area (Å²) in [6, 6.07) is 17.3. The molecular formula is C37H52N4O5. The van der Waals surface area contributed by atoms with E-state index in [0.717, 1.165) is 30.4 Å². The van der Waals surface area contributed by atoms with Crippen molar-refractivity contribution in [1.82, 2.24) is 10.2 Å². The molecule has 46 heavy (non-hydrogen) atoms. The summed E-state index contributed by atoms with van der Waals surface area (Å²) in [4.78, 5) is 41.9. The second kappa shape index (κ2) is 17.7. The van der Waals surface area contributed by atoms with Crippen LogP contribution in [0.4, 0.5) is 0 Å². The van der Waals surface area contributed by atoms with E-state index in [1.54, 1.807) is 4.90 Å². The van der Waals surface area contributed by atoms with Gasteiger partial charge in [0.05, 0.1) is 11.5 Å². The van der Waals surface area contributed by atoms with Crippen molar-refractivity contribution in [2.24, 2.45) is 28.7 Å². The van der Waals surface area contributed by atoms with Crippen LogP contribution in [0, 0.1) is 17.3 Å². The van der Waals surface area contributed by atoms with Crippen LogP contribution >= 0.6 is 0 Å². The van der Waals surface area contributed by atoms with E-state index in [0.29, 0.717) is 37.9 Å². The van der Waals surface area contributed by atoms with E-state index in [9.17, 15) is 19.5 Å². The number of aliphatic hydroxyl groups excluding tert-OH is 1. The molecule has 250 valence electrons. The van der Waals surface area contributed by atoms with Crippen LogP contribution < -0.4 is 21.5 Å². The number of ether oxygens (including phenoxy) is 1. The molecule has 1 aliphatic carbocycles. The van der Waals surface area contributed by atoms with Gasteiger partial charge in [0.15, 0.2) is 0 Å². The van der Waals surface area contributed by atoms with Crippen LogP contribution in [0.2, 0.25) is 0 Å². The Hall–Kier alpha value is -3.95. The summed E-state index contributed by atoms with van der Waals surface area (Å²) in [5, 5.41) is 15.1.